The zero-order chi connectivity index (χ0) is 18.4. The highest BCUT2D eigenvalue weighted by Crippen LogP contribution is 2.34. The number of nitrogens with two attached hydrogens (primary N) is 1. The van der Waals surface area contributed by atoms with Crippen molar-refractivity contribution in [3.63, 3.8) is 0 Å². The Hall–Kier alpha value is -2.00. The minimum absolute atomic E-state index is 0.562. The van der Waals surface area contributed by atoms with Crippen molar-refractivity contribution in [1.82, 2.24) is 4.57 Å². The Labute approximate surface area is 152 Å². The first-order valence-electron chi connectivity index (χ1n) is 9.27. The van der Waals surface area contributed by atoms with Crippen LogP contribution >= 0.6 is 0 Å². The molecular weight excluding hydrogens is 308 g/mol. The third-order valence-electron chi connectivity index (χ3n) is 4.79. The fraction of sp³-hybridized carbons (Fsp3) is 0.455. The standard InChI is InChI=1S/C22H32N2O/c1-6-17(4)9-11-20-19-12-10-18(25-5)15-21(19)24(14-8-7-13-23)22(20)16(2)3/h9-12,15,17H,2,6-8,13-14,23H2,1,3-5H3/b11-9-. The molecule has 0 spiro atoms. The van der Waals surface area contributed by atoms with Gasteiger partial charge in [-0.15, -0.1) is 0 Å². The van der Waals surface area contributed by atoms with Crippen LogP contribution in [0.15, 0.2) is 30.9 Å². The third-order valence-corrected chi connectivity index (χ3v) is 4.79. The number of aryl methyl sites for hydroxylation is 1. The van der Waals surface area contributed by atoms with Crippen molar-refractivity contribution in [3.05, 3.63) is 42.1 Å². The smallest absolute Gasteiger partial charge is 0.120 e. The van der Waals surface area contributed by atoms with Crippen LogP contribution in [-0.2, 0) is 6.54 Å². The Morgan fingerprint density at radius 2 is 2.12 bits per heavy atom. The SMILES string of the molecule is C=C(C)c1c(/C=C\C(C)CC)c2ccc(OC)cc2n1CCCCN. The second kappa shape index (κ2) is 8.91. The van der Waals surface area contributed by atoms with Crippen LogP contribution in [0.5, 0.6) is 5.75 Å². The number of methoxy groups -OCH3 is 1. The molecule has 0 amide bonds. The van der Waals surface area contributed by atoms with Crippen LogP contribution in [0, 0.1) is 5.92 Å². The molecule has 0 radical (unpaired) electrons. The summed E-state index contributed by atoms with van der Waals surface area (Å²) in [4.78, 5) is 0. The average molecular weight is 341 g/mol. The van der Waals surface area contributed by atoms with Gasteiger partial charge >= 0.3 is 0 Å². The van der Waals surface area contributed by atoms with Gasteiger partial charge in [0.15, 0.2) is 0 Å². The summed E-state index contributed by atoms with van der Waals surface area (Å²) in [6, 6.07) is 6.33. The lowest BCUT2D eigenvalue weighted by Gasteiger charge is -2.12. The van der Waals surface area contributed by atoms with E-state index in [1.165, 1.54) is 22.2 Å². The Kier molecular flexibility index (Phi) is 6.89. The van der Waals surface area contributed by atoms with Gasteiger partial charge in [0.25, 0.3) is 0 Å². The molecule has 2 rings (SSSR count). The van der Waals surface area contributed by atoms with Gasteiger partial charge in [-0.3, -0.25) is 0 Å². The number of unbranched alkanes of at least 4 members (excludes halogenated alkanes) is 1. The molecule has 2 N–H and O–H groups in total. The van der Waals surface area contributed by atoms with Crippen LogP contribution in [0.3, 0.4) is 0 Å². The lowest BCUT2D eigenvalue weighted by Crippen LogP contribution is -2.05. The summed E-state index contributed by atoms with van der Waals surface area (Å²) in [5, 5.41) is 1.26. The Morgan fingerprint density at radius 1 is 1.36 bits per heavy atom. The molecule has 0 saturated heterocycles. The van der Waals surface area contributed by atoms with Gasteiger partial charge in [0.2, 0.25) is 0 Å². The fourth-order valence-corrected chi connectivity index (χ4v) is 3.15. The molecule has 1 heterocycles. The number of benzene rings is 1. The molecule has 25 heavy (non-hydrogen) atoms. The predicted octanol–water partition coefficient (Wildman–Crippen LogP) is 5.48. The van der Waals surface area contributed by atoms with Gasteiger partial charge in [-0.05, 0) is 49.9 Å². The molecule has 1 unspecified atom stereocenters. The number of aromatic nitrogens is 1. The second-order valence-corrected chi connectivity index (χ2v) is 6.82. The van der Waals surface area contributed by atoms with E-state index < -0.39 is 0 Å². The van der Waals surface area contributed by atoms with Crippen LogP contribution < -0.4 is 10.5 Å². The molecule has 0 fully saturated rings. The number of ether oxygens (including phenoxy) is 1. The maximum absolute atomic E-state index is 5.69. The molecule has 0 aliphatic rings. The largest absolute Gasteiger partial charge is 0.497 e. The van der Waals surface area contributed by atoms with Crippen LogP contribution in [-0.4, -0.2) is 18.2 Å². The van der Waals surface area contributed by atoms with E-state index in [4.69, 9.17) is 10.5 Å². The summed E-state index contributed by atoms with van der Waals surface area (Å²) in [5.74, 6) is 1.45. The van der Waals surface area contributed by atoms with E-state index in [-0.39, 0.29) is 0 Å². The molecule has 0 aliphatic heterocycles. The summed E-state index contributed by atoms with van der Waals surface area (Å²) in [5.41, 5.74) is 10.5. The summed E-state index contributed by atoms with van der Waals surface area (Å²) >= 11 is 0. The highest BCUT2D eigenvalue weighted by Gasteiger charge is 2.16. The molecule has 3 heteroatoms. The highest BCUT2D eigenvalue weighted by atomic mass is 16.5. The Morgan fingerprint density at radius 3 is 2.72 bits per heavy atom. The first kappa shape index (κ1) is 19.3. The van der Waals surface area contributed by atoms with Crippen LogP contribution in [0.2, 0.25) is 0 Å². The van der Waals surface area contributed by atoms with Crippen LogP contribution in [0.25, 0.3) is 22.6 Å². The normalized spacial score (nSPS) is 12.8. The zero-order valence-corrected chi connectivity index (χ0v) is 16.1. The van der Waals surface area contributed by atoms with Crippen molar-refractivity contribution < 1.29 is 4.74 Å². The maximum Gasteiger partial charge on any atom is 0.120 e. The van der Waals surface area contributed by atoms with Crippen LogP contribution in [0.1, 0.15) is 51.3 Å². The van der Waals surface area contributed by atoms with Gasteiger partial charge in [0.1, 0.15) is 5.75 Å². The first-order valence-corrected chi connectivity index (χ1v) is 9.27. The molecule has 0 aliphatic carbocycles. The van der Waals surface area contributed by atoms with E-state index in [2.05, 4.69) is 56.2 Å². The van der Waals surface area contributed by atoms with Gasteiger partial charge in [-0.1, -0.05) is 39.0 Å². The quantitative estimate of drug-likeness (QED) is 0.614. The van der Waals surface area contributed by atoms with Crippen molar-refractivity contribution in [2.45, 2.75) is 46.6 Å². The van der Waals surface area contributed by atoms with Gasteiger partial charge in [-0.2, -0.15) is 0 Å². The number of hydrogen-bond acceptors (Lipinski definition) is 2. The van der Waals surface area contributed by atoms with E-state index in [0.29, 0.717) is 5.92 Å². The fourth-order valence-electron chi connectivity index (χ4n) is 3.15. The predicted molar refractivity (Wildman–Crippen MR) is 110 cm³/mol. The average Bonchev–Trinajstić information content (AvgIpc) is 2.92. The summed E-state index contributed by atoms with van der Waals surface area (Å²) in [7, 11) is 1.71. The molecule has 0 bridgehead atoms. The van der Waals surface area contributed by atoms with E-state index in [1.54, 1.807) is 7.11 Å². The van der Waals surface area contributed by atoms with E-state index in [9.17, 15) is 0 Å². The highest BCUT2D eigenvalue weighted by molar-refractivity contribution is 5.96. The number of hydrogen-bond donors (Lipinski definition) is 1. The molecule has 136 valence electrons. The van der Waals surface area contributed by atoms with Gasteiger partial charge in [0.05, 0.1) is 18.3 Å². The second-order valence-electron chi connectivity index (χ2n) is 6.82. The van der Waals surface area contributed by atoms with Crippen molar-refractivity contribution in [1.29, 1.82) is 0 Å². The summed E-state index contributed by atoms with van der Waals surface area (Å²) < 4.78 is 7.84. The Bertz CT molecular complexity index is 755. The van der Waals surface area contributed by atoms with E-state index in [1.807, 2.05) is 6.07 Å². The lowest BCUT2D eigenvalue weighted by molar-refractivity contribution is 0.415. The van der Waals surface area contributed by atoms with Crippen LogP contribution in [0.4, 0.5) is 0 Å². The third kappa shape index (κ3) is 4.35. The van der Waals surface area contributed by atoms with Crippen molar-refractivity contribution in [2.24, 2.45) is 11.7 Å². The number of rotatable bonds is 9. The molecule has 2 aromatic rings. The topological polar surface area (TPSA) is 40.2 Å². The minimum Gasteiger partial charge on any atom is -0.497 e. The molecule has 3 nitrogen and oxygen atoms in total. The first-order chi connectivity index (χ1) is 12.0. The zero-order valence-electron chi connectivity index (χ0n) is 16.1. The van der Waals surface area contributed by atoms with Crippen molar-refractivity contribution in [2.75, 3.05) is 13.7 Å². The van der Waals surface area contributed by atoms with Crippen molar-refractivity contribution >= 4 is 22.6 Å². The summed E-state index contributed by atoms with van der Waals surface area (Å²) in [6.07, 6.45) is 7.80. The molecule has 1 aromatic heterocycles. The number of allylic oxidation sites excluding steroid dienone is 2. The number of fused-ring (bicyclic) bond motifs is 1. The lowest BCUT2D eigenvalue weighted by atomic mass is 10.0. The molecule has 0 saturated carbocycles. The van der Waals surface area contributed by atoms with E-state index >= 15 is 0 Å². The monoisotopic (exact) mass is 340 g/mol. The molecule has 1 atom stereocenters. The molecule has 1 aromatic carbocycles. The number of nitrogens with zero attached hydrogens (tertiary/aromatic N) is 1. The molecular formula is C22H32N2O. The van der Waals surface area contributed by atoms with Gasteiger partial charge in [-0.25, -0.2) is 0 Å². The van der Waals surface area contributed by atoms with Gasteiger partial charge in [0, 0.05) is 23.6 Å². The van der Waals surface area contributed by atoms with Crippen molar-refractivity contribution in [3.8, 4) is 5.75 Å². The van der Waals surface area contributed by atoms with E-state index in [0.717, 1.165) is 43.7 Å². The minimum atomic E-state index is 0.562. The summed E-state index contributed by atoms with van der Waals surface area (Å²) in [6.45, 7) is 12.5. The van der Waals surface area contributed by atoms with Gasteiger partial charge < -0.3 is 15.0 Å². The Balaban J connectivity index is 2.65. The maximum atomic E-state index is 5.69.